The predicted molar refractivity (Wildman–Crippen MR) is 68.7 cm³/mol. The second-order valence-corrected chi connectivity index (χ2v) is 4.90. The first-order valence-corrected chi connectivity index (χ1v) is 6.80. The van der Waals surface area contributed by atoms with Crippen LogP contribution in [0.4, 0.5) is 0 Å². The van der Waals surface area contributed by atoms with Crippen molar-refractivity contribution in [2.45, 2.75) is 58.1 Å². The summed E-state index contributed by atoms with van der Waals surface area (Å²) in [5, 5.41) is 0. The zero-order chi connectivity index (χ0) is 12.7. The number of nitrogens with zero attached hydrogens (tertiary/aromatic N) is 1. The maximum atomic E-state index is 12.1. The Morgan fingerprint density at radius 1 is 1.41 bits per heavy atom. The third kappa shape index (κ3) is 4.64. The molecule has 1 aliphatic heterocycles. The molecule has 1 heterocycles. The summed E-state index contributed by atoms with van der Waals surface area (Å²) >= 11 is 0. The number of morpholine rings is 1. The molecule has 4 nitrogen and oxygen atoms in total. The highest BCUT2D eigenvalue weighted by molar-refractivity contribution is 5.76. The molecule has 4 heteroatoms. The van der Waals surface area contributed by atoms with E-state index < -0.39 is 0 Å². The minimum absolute atomic E-state index is 0.0193. The van der Waals surface area contributed by atoms with E-state index in [2.05, 4.69) is 6.92 Å². The minimum atomic E-state index is 0.0193. The molecule has 1 fully saturated rings. The first-order chi connectivity index (χ1) is 8.19. The molecule has 2 atom stereocenters. The van der Waals surface area contributed by atoms with Crippen LogP contribution in [0.25, 0.3) is 0 Å². The molecule has 0 aliphatic carbocycles. The standard InChI is InChI=1S/C13H26N2O2/c1-3-4-5-6-7-13(16)15-9-12(8-14)17-10-11(15)2/h11-12H,3-10,14H2,1-2H3. The van der Waals surface area contributed by atoms with Gasteiger partial charge in [0.25, 0.3) is 0 Å². The van der Waals surface area contributed by atoms with Gasteiger partial charge < -0.3 is 15.4 Å². The second kappa shape index (κ2) is 7.67. The number of nitrogens with two attached hydrogens (primary N) is 1. The summed E-state index contributed by atoms with van der Waals surface area (Å²) in [6.07, 6.45) is 5.27. The number of unbranched alkanes of at least 4 members (excludes halogenated alkanes) is 3. The van der Waals surface area contributed by atoms with Crippen LogP contribution in [0.15, 0.2) is 0 Å². The molecule has 0 aromatic carbocycles. The van der Waals surface area contributed by atoms with Crippen LogP contribution in [0.2, 0.25) is 0 Å². The van der Waals surface area contributed by atoms with Gasteiger partial charge in [0, 0.05) is 19.5 Å². The quantitative estimate of drug-likeness (QED) is 0.719. The van der Waals surface area contributed by atoms with Crippen molar-refractivity contribution in [1.29, 1.82) is 0 Å². The van der Waals surface area contributed by atoms with Crippen LogP contribution in [-0.4, -0.2) is 42.6 Å². The topological polar surface area (TPSA) is 55.6 Å². The molecule has 0 saturated carbocycles. The highest BCUT2D eigenvalue weighted by Crippen LogP contribution is 2.14. The number of ether oxygens (including phenoxy) is 1. The summed E-state index contributed by atoms with van der Waals surface area (Å²) in [5.41, 5.74) is 5.59. The van der Waals surface area contributed by atoms with E-state index in [4.69, 9.17) is 10.5 Å². The molecule has 0 aromatic heterocycles. The number of carbonyl (C=O) groups excluding carboxylic acids is 1. The van der Waals surface area contributed by atoms with Gasteiger partial charge in [-0.2, -0.15) is 0 Å². The molecule has 2 N–H and O–H groups in total. The van der Waals surface area contributed by atoms with Gasteiger partial charge in [-0.1, -0.05) is 26.2 Å². The number of hydrogen-bond acceptors (Lipinski definition) is 3. The summed E-state index contributed by atoms with van der Waals surface area (Å²) < 4.78 is 5.54. The Morgan fingerprint density at radius 2 is 2.18 bits per heavy atom. The van der Waals surface area contributed by atoms with Crippen LogP contribution >= 0.6 is 0 Å². The first-order valence-electron chi connectivity index (χ1n) is 6.80. The van der Waals surface area contributed by atoms with E-state index in [1.807, 2.05) is 11.8 Å². The van der Waals surface area contributed by atoms with Gasteiger partial charge in [-0.05, 0) is 13.3 Å². The molecular formula is C13H26N2O2. The Morgan fingerprint density at radius 3 is 2.82 bits per heavy atom. The van der Waals surface area contributed by atoms with E-state index in [-0.39, 0.29) is 18.1 Å². The number of carbonyl (C=O) groups is 1. The zero-order valence-corrected chi connectivity index (χ0v) is 11.2. The van der Waals surface area contributed by atoms with Crippen LogP contribution in [0.3, 0.4) is 0 Å². The SMILES string of the molecule is CCCCCCC(=O)N1CC(CN)OCC1C. The van der Waals surface area contributed by atoms with E-state index in [1.54, 1.807) is 0 Å². The lowest BCUT2D eigenvalue weighted by Gasteiger charge is -2.37. The molecule has 0 radical (unpaired) electrons. The maximum Gasteiger partial charge on any atom is 0.222 e. The van der Waals surface area contributed by atoms with E-state index in [0.29, 0.717) is 26.1 Å². The lowest BCUT2D eigenvalue weighted by molar-refractivity contribution is -0.143. The van der Waals surface area contributed by atoms with Crippen LogP contribution in [-0.2, 0) is 9.53 Å². The van der Waals surface area contributed by atoms with Crippen molar-refractivity contribution in [3.63, 3.8) is 0 Å². The summed E-state index contributed by atoms with van der Waals surface area (Å²) in [6, 6.07) is 0.191. The van der Waals surface area contributed by atoms with Crippen molar-refractivity contribution in [2.24, 2.45) is 5.73 Å². The lowest BCUT2D eigenvalue weighted by atomic mass is 10.1. The van der Waals surface area contributed by atoms with Crippen molar-refractivity contribution >= 4 is 5.91 Å². The van der Waals surface area contributed by atoms with Gasteiger partial charge in [0.05, 0.1) is 18.8 Å². The molecule has 1 rings (SSSR count). The van der Waals surface area contributed by atoms with E-state index in [9.17, 15) is 4.79 Å². The predicted octanol–water partition coefficient (Wildman–Crippen LogP) is 1.53. The van der Waals surface area contributed by atoms with Gasteiger partial charge >= 0.3 is 0 Å². The van der Waals surface area contributed by atoms with Gasteiger partial charge in [0.2, 0.25) is 5.91 Å². The van der Waals surface area contributed by atoms with Crippen molar-refractivity contribution in [2.75, 3.05) is 19.7 Å². The zero-order valence-electron chi connectivity index (χ0n) is 11.2. The highest BCUT2D eigenvalue weighted by Gasteiger charge is 2.28. The van der Waals surface area contributed by atoms with Gasteiger partial charge in [-0.25, -0.2) is 0 Å². The fourth-order valence-electron chi connectivity index (χ4n) is 2.15. The molecule has 0 spiro atoms. The second-order valence-electron chi connectivity index (χ2n) is 4.90. The Balaban J connectivity index is 2.32. The molecule has 1 saturated heterocycles. The Labute approximate surface area is 104 Å². The number of rotatable bonds is 6. The van der Waals surface area contributed by atoms with E-state index in [1.165, 1.54) is 12.8 Å². The highest BCUT2D eigenvalue weighted by atomic mass is 16.5. The molecule has 1 amide bonds. The fourth-order valence-corrected chi connectivity index (χ4v) is 2.15. The van der Waals surface area contributed by atoms with E-state index >= 15 is 0 Å². The molecule has 0 bridgehead atoms. The lowest BCUT2D eigenvalue weighted by Crippen LogP contribution is -2.52. The summed E-state index contributed by atoms with van der Waals surface area (Å²) in [4.78, 5) is 14.0. The van der Waals surface area contributed by atoms with Crippen LogP contribution in [0.1, 0.15) is 46.0 Å². The van der Waals surface area contributed by atoms with Crippen molar-refractivity contribution in [1.82, 2.24) is 4.90 Å². The van der Waals surface area contributed by atoms with Gasteiger partial charge in [-0.3, -0.25) is 4.79 Å². The molecule has 100 valence electrons. The average Bonchev–Trinajstić information content (AvgIpc) is 2.35. The molecular weight excluding hydrogens is 216 g/mol. The fraction of sp³-hybridized carbons (Fsp3) is 0.923. The normalized spacial score (nSPS) is 25.0. The number of amides is 1. The van der Waals surface area contributed by atoms with Gasteiger partial charge in [0.15, 0.2) is 0 Å². The summed E-state index contributed by atoms with van der Waals surface area (Å²) in [7, 11) is 0. The third-order valence-electron chi connectivity index (χ3n) is 3.33. The summed E-state index contributed by atoms with van der Waals surface area (Å²) in [5.74, 6) is 0.260. The summed E-state index contributed by atoms with van der Waals surface area (Å²) in [6.45, 7) is 5.98. The maximum absolute atomic E-state index is 12.1. The van der Waals surface area contributed by atoms with Crippen molar-refractivity contribution < 1.29 is 9.53 Å². The largest absolute Gasteiger partial charge is 0.373 e. The van der Waals surface area contributed by atoms with Crippen molar-refractivity contribution in [3.05, 3.63) is 0 Å². The van der Waals surface area contributed by atoms with Crippen molar-refractivity contribution in [3.8, 4) is 0 Å². The Kier molecular flexibility index (Phi) is 6.52. The molecule has 1 aliphatic rings. The first kappa shape index (κ1) is 14.5. The number of hydrogen-bond donors (Lipinski definition) is 1. The van der Waals surface area contributed by atoms with Crippen LogP contribution in [0, 0.1) is 0 Å². The third-order valence-corrected chi connectivity index (χ3v) is 3.33. The smallest absolute Gasteiger partial charge is 0.222 e. The van der Waals surface area contributed by atoms with Crippen LogP contribution in [0.5, 0.6) is 0 Å². The van der Waals surface area contributed by atoms with Gasteiger partial charge in [0.1, 0.15) is 0 Å². The molecule has 17 heavy (non-hydrogen) atoms. The van der Waals surface area contributed by atoms with Gasteiger partial charge in [-0.15, -0.1) is 0 Å². The molecule has 2 unspecified atom stereocenters. The monoisotopic (exact) mass is 242 g/mol. The minimum Gasteiger partial charge on any atom is -0.373 e. The Bertz CT molecular complexity index is 233. The van der Waals surface area contributed by atoms with Crippen LogP contribution < -0.4 is 5.73 Å². The van der Waals surface area contributed by atoms with E-state index in [0.717, 1.165) is 12.8 Å². The molecule has 0 aromatic rings. The Hall–Kier alpha value is -0.610. The average molecular weight is 242 g/mol.